The van der Waals surface area contributed by atoms with Crippen molar-refractivity contribution in [1.82, 2.24) is 15.4 Å². The predicted octanol–water partition coefficient (Wildman–Crippen LogP) is 1.95. The highest BCUT2D eigenvalue weighted by Gasteiger charge is 2.23. The van der Waals surface area contributed by atoms with E-state index >= 15 is 0 Å². The summed E-state index contributed by atoms with van der Waals surface area (Å²) in [7, 11) is 1.93. The van der Waals surface area contributed by atoms with Crippen LogP contribution in [-0.4, -0.2) is 23.6 Å². The molecule has 4 nitrogen and oxygen atoms in total. The van der Waals surface area contributed by atoms with Gasteiger partial charge >= 0.3 is 0 Å². The molecular weight excluding hydrogens is 238 g/mol. The molecule has 0 spiro atoms. The lowest BCUT2D eigenvalue weighted by Crippen LogP contribution is -2.30. The number of benzene rings is 1. The molecule has 0 fully saturated rings. The molecule has 0 saturated heterocycles. The van der Waals surface area contributed by atoms with E-state index in [1.54, 1.807) is 0 Å². The van der Waals surface area contributed by atoms with E-state index in [0.717, 1.165) is 44.1 Å². The van der Waals surface area contributed by atoms with Crippen molar-refractivity contribution in [3.8, 4) is 0 Å². The third kappa shape index (κ3) is 2.69. The van der Waals surface area contributed by atoms with Gasteiger partial charge in [-0.2, -0.15) is 0 Å². The highest BCUT2D eigenvalue weighted by atomic mass is 16.5. The molecular formula is C15H19N3O. The zero-order valence-corrected chi connectivity index (χ0v) is 11.2. The average Bonchev–Trinajstić information content (AvgIpc) is 2.83. The van der Waals surface area contributed by atoms with E-state index in [9.17, 15) is 0 Å². The Kier molecular flexibility index (Phi) is 3.62. The fourth-order valence-electron chi connectivity index (χ4n) is 2.60. The van der Waals surface area contributed by atoms with Gasteiger partial charge in [-0.1, -0.05) is 35.5 Å². The summed E-state index contributed by atoms with van der Waals surface area (Å²) in [4.78, 5) is 2.45. The molecule has 0 atom stereocenters. The topological polar surface area (TPSA) is 41.3 Å². The minimum Gasteiger partial charge on any atom is -0.359 e. The summed E-state index contributed by atoms with van der Waals surface area (Å²) in [6.45, 7) is 3.73. The standard InChI is InChI=1S/C15H19N3O/c1-16-9-15-13-11-18(8-7-14(13)17-19-15)10-12-5-3-2-4-6-12/h2-6,16H,7-11H2,1H3. The van der Waals surface area contributed by atoms with E-state index in [4.69, 9.17) is 4.52 Å². The zero-order chi connectivity index (χ0) is 13.1. The number of hydrogen-bond donors (Lipinski definition) is 1. The second-order valence-electron chi connectivity index (χ2n) is 5.01. The normalized spacial score (nSPS) is 15.4. The Morgan fingerprint density at radius 3 is 2.95 bits per heavy atom. The van der Waals surface area contributed by atoms with Crippen LogP contribution in [0, 0.1) is 0 Å². The van der Waals surface area contributed by atoms with Crippen LogP contribution in [-0.2, 0) is 26.1 Å². The summed E-state index contributed by atoms with van der Waals surface area (Å²) in [6.07, 6.45) is 0.982. The maximum absolute atomic E-state index is 5.42. The molecule has 0 saturated carbocycles. The Labute approximate surface area is 113 Å². The smallest absolute Gasteiger partial charge is 0.155 e. The molecule has 1 aliphatic rings. The molecule has 0 radical (unpaired) electrons. The fraction of sp³-hybridized carbons (Fsp3) is 0.400. The maximum Gasteiger partial charge on any atom is 0.155 e. The highest BCUT2D eigenvalue weighted by molar-refractivity contribution is 5.26. The van der Waals surface area contributed by atoms with Crippen LogP contribution < -0.4 is 5.32 Å². The minimum atomic E-state index is 0.751. The average molecular weight is 257 g/mol. The SMILES string of the molecule is CNCc1onc2c1CN(Cc1ccccc1)CC2. The molecule has 3 rings (SSSR count). The van der Waals surface area contributed by atoms with Gasteiger partial charge in [0.1, 0.15) is 0 Å². The van der Waals surface area contributed by atoms with Crippen molar-refractivity contribution in [2.75, 3.05) is 13.6 Å². The van der Waals surface area contributed by atoms with Crippen LogP contribution in [0.3, 0.4) is 0 Å². The Balaban J connectivity index is 1.72. The van der Waals surface area contributed by atoms with Gasteiger partial charge in [0.25, 0.3) is 0 Å². The fourth-order valence-corrected chi connectivity index (χ4v) is 2.60. The van der Waals surface area contributed by atoms with Crippen molar-refractivity contribution in [3.63, 3.8) is 0 Å². The number of hydrogen-bond acceptors (Lipinski definition) is 4. The first kappa shape index (κ1) is 12.4. The summed E-state index contributed by atoms with van der Waals surface area (Å²) in [5.74, 6) is 0.982. The van der Waals surface area contributed by atoms with E-state index in [1.807, 2.05) is 7.05 Å². The monoisotopic (exact) mass is 257 g/mol. The van der Waals surface area contributed by atoms with Crippen molar-refractivity contribution < 1.29 is 4.52 Å². The summed E-state index contributed by atoms with van der Waals surface area (Å²) in [5.41, 5.74) is 3.77. The van der Waals surface area contributed by atoms with E-state index < -0.39 is 0 Å². The number of fused-ring (bicyclic) bond motifs is 1. The number of nitrogens with zero attached hydrogens (tertiary/aromatic N) is 2. The van der Waals surface area contributed by atoms with Crippen molar-refractivity contribution in [3.05, 3.63) is 52.9 Å². The highest BCUT2D eigenvalue weighted by Crippen LogP contribution is 2.23. The van der Waals surface area contributed by atoms with Gasteiger partial charge in [0.2, 0.25) is 0 Å². The molecule has 19 heavy (non-hydrogen) atoms. The van der Waals surface area contributed by atoms with Gasteiger partial charge in [-0.3, -0.25) is 4.90 Å². The van der Waals surface area contributed by atoms with Crippen molar-refractivity contribution in [2.24, 2.45) is 0 Å². The van der Waals surface area contributed by atoms with E-state index in [1.165, 1.54) is 11.1 Å². The number of aromatic nitrogens is 1. The molecule has 100 valence electrons. The summed E-state index contributed by atoms with van der Waals surface area (Å²) < 4.78 is 5.42. The van der Waals surface area contributed by atoms with Crippen molar-refractivity contribution >= 4 is 0 Å². The zero-order valence-electron chi connectivity index (χ0n) is 11.2. The number of rotatable bonds is 4. The molecule has 4 heteroatoms. The Morgan fingerprint density at radius 2 is 2.16 bits per heavy atom. The van der Waals surface area contributed by atoms with Crippen LogP contribution in [0.5, 0.6) is 0 Å². The molecule has 0 unspecified atom stereocenters. The lowest BCUT2D eigenvalue weighted by atomic mass is 10.0. The van der Waals surface area contributed by atoms with Crippen LogP contribution >= 0.6 is 0 Å². The van der Waals surface area contributed by atoms with Gasteiger partial charge in [0, 0.05) is 31.6 Å². The van der Waals surface area contributed by atoms with Crippen molar-refractivity contribution in [1.29, 1.82) is 0 Å². The van der Waals surface area contributed by atoms with Gasteiger partial charge in [0.05, 0.1) is 12.2 Å². The third-order valence-electron chi connectivity index (χ3n) is 3.58. The molecule has 0 aliphatic carbocycles. The lowest BCUT2D eigenvalue weighted by Gasteiger charge is -2.26. The lowest BCUT2D eigenvalue weighted by molar-refractivity contribution is 0.244. The summed E-state index contributed by atoms with van der Waals surface area (Å²) in [6, 6.07) is 10.6. The molecule has 2 heterocycles. The molecule has 2 aromatic rings. The third-order valence-corrected chi connectivity index (χ3v) is 3.58. The van der Waals surface area contributed by atoms with Gasteiger partial charge < -0.3 is 9.84 Å². The van der Waals surface area contributed by atoms with Crippen LogP contribution in [0.2, 0.25) is 0 Å². The van der Waals surface area contributed by atoms with Gasteiger partial charge in [-0.05, 0) is 12.6 Å². The summed E-state index contributed by atoms with van der Waals surface area (Å²) in [5, 5.41) is 7.31. The van der Waals surface area contributed by atoms with Gasteiger partial charge in [-0.25, -0.2) is 0 Å². The Morgan fingerprint density at radius 1 is 1.32 bits per heavy atom. The van der Waals surface area contributed by atoms with Crippen LogP contribution in [0.15, 0.2) is 34.9 Å². The predicted molar refractivity (Wildman–Crippen MR) is 73.5 cm³/mol. The first-order valence-corrected chi connectivity index (χ1v) is 6.74. The van der Waals surface area contributed by atoms with Crippen LogP contribution in [0.4, 0.5) is 0 Å². The van der Waals surface area contributed by atoms with Crippen LogP contribution in [0.25, 0.3) is 0 Å². The van der Waals surface area contributed by atoms with Gasteiger partial charge in [-0.15, -0.1) is 0 Å². The molecule has 0 amide bonds. The number of nitrogens with one attached hydrogen (secondary N) is 1. The summed E-state index contributed by atoms with van der Waals surface area (Å²) >= 11 is 0. The molecule has 1 aromatic carbocycles. The first-order chi connectivity index (χ1) is 9.36. The Hall–Kier alpha value is -1.65. The van der Waals surface area contributed by atoms with Gasteiger partial charge in [0.15, 0.2) is 5.76 Å². The maximum atomic E-state index is 5.42. The minimum absolute atomic E-state index is 0.751. The van der Waals surface area contributed by atoms with E-state index in [-0.39, 0.29) is 0 Å². The molecule has 1 N–H and O–H groups in total. The molecule has 0 bridgehead atoms. The second kappa shape index (κ2) is 5.55. The quantitative estimate of drug-likeness (QED) is 0.909. The van der Waals surface area contributed by atoms with E-state index in [0.29, 0.717) is 0 Å². The van der Waals surface area contributed by atoms with Crippen molar-refractivity contribution in [2.45, 2.75) is 26.1 Å². The van der Waals surface area contributed by atoms with Crippen LogP contribution in [0.1, 0.15) is 22.6 Å². The molecule has 1 aromatic heterocycles. The second-order valence-corrected chi connectivity index (χ2v) is 5.01. The Bertz CT molecular complexity index is 536. The first-order valence-electron chi connectivity index (χ1n) is 6.74. The largest absolute Gasteiger partial charge is 0.359 e. The molecule has 1 aliphatic heterocycles. The van der Waals surface area contributed by atoms with E-state index in [2.05, 4.69) is 45.7 Å².